The molecule has 39 heavy (non-hydrogen) atoms. The SMILES string of the molecule is O=C(N1CCOCC1)N1CCN(CCCN(C(=O)c2cccs2)c2nc(-c3cc4ccccc4o3)cs2)CC1. The van der Waals surface area contributed by atoms with E-state index < -0.39 is 0 Å². The molecule has 2 fully saturated rings. The summed E-state index contributed by atoms with van der Waals surface area (Å²) in [6.07, 6.45) is 0.814. The van der Waals surface area contributed by atoms with E-state index in [1.54, 1.807) is 4.90 Å². The number of thiophene rings is 1. The Morgan fingerprint density at radius 2 is 1.74 bits per heavy atom. The Hall–Kier alpha value is -3.25. The maximum absolute atomic E-state index is 13.5. The zero-order chi connectivity index (χ0) is 26.6. The van der Waals surface area contributed by atoms with Gasteiger partial charge in [-0.1, -0.05) is 24.3 Å². The van der Waals surface area contributed by atoms with Gasteiger partial charge in [-0.05, 0) is 36.5 Å². The predicted octanol–water partition coefficient (Wildman–Crippen LogP) is 4.72. The molecule has 0 spiro atoms. The minimum atomic E-state index is -0.0311. The monoisotopic (exact) mass is 565 g/mol. The Balaban J connectivity index is 1.08. The Morgan fingerprint density at radius 1 is 0.949 bits per heavy atom. The molecule has 0 atom stereocenters. The molecule has 204 valence electrons. The van der Waals surface area contributed by atoms with Crippen LogP contribution in [0.25, 0.3) is 22.4 Å². The van der Waals surface area contributed by atoms with Gasteiger partial charge >= 0.3 is 6.03 Å². The second-order valence-corrected chi connectivity index (χ2v) is 11.4. The molecule has 2 aliphatic rings. The van der Waals surface area contributed by atoms with E-state index in [2.05, 4.69) is 4.90 Å². The summed E-state index contributed by atoms with van der Waals surface area (Å²) in [5, 5.41) is 5.57. The van der Waals surface area contributed by atoms with Crippen LogP contribution in [0, 0.1) is 0 Å². The number of urea groups is 1. The lowest BCUT2D eigenvalue weighted by atomic mass is 10.2. The molecule has 5 heterocycles. The summed E-state index contributed by atoms with van der Waals surface area (Å²) in [6, 6.07) is 13.8. The molecular formula is C28H31N5O4S2. The van der Waals surface area contributed by atoms with Crippen molar-refractivity contribution in [3.8, 4) is 11.5 Å². The fraction of sp³-hybridized carbons (Fsp3) is 0.393. The third-order valence-electron chi connectivity index (χ3n) is 7.16. The fourth-order valence-electron chi connectivity index (χ4n) is 5.00. The number of rotatable bonds is 7. The zero-order valence-corrected chi connectivity index (χ0v) is 23.3. The van der Waals surface area contributed by atoms with Gasteiger partial charge in [0.2, 0.25) is 0 Å². The van der Waals surface area contributed by atoms with Gasteiger partial charge in [-0.15, -0.1) is 22.7 Å². The van der Waals surface area contributed by atoms with Crippen molar-refractivity contribution in [2.24, 2.45) is 0 Å². The second-order valence-electron chi connectivity index (χ2n) is 9.66. The third-order valence-corrected chi connectivity index (χ3v) is 8.88. The first-order chi connectivity index (χ1) is 19.2. The number of carbonyl (C=O) groups is 2. The van der Waals surface area contributed by atoms with Gasteiger partial charge in [0.1, 0.15) is 11.3 Å². The average molecular weight is 566 g/mol. The second kappa shape index (κ2) is 11.9. The molecule has 1 aromatic carbocycles. The number of furan rings is 1. The number of carbonyl (C=O) groups excluding carboxylic acids is 2. The molecular weight excluding hydrogens is 534 g/mol. The van der Waals surface area contributed by atoms with Crippen LogP contribution in [0.15, 0.2) is 57.6 Å². The lowest BCUT2D eigenvalue weighted by molar-refractivity contribution is 0.0377. The standard InChI is InChI=1S/C28H31N5O4S2/c34-26(25-7-3-18-38-25)33(27-29-22(20-39-27)24-19-21-5-1-2-6-23(21)37-24)9-4-8-30-10-12-31(13-11-30)28(35)32-14-16-36-17-15-32/h1-3,5-7,18-20H,4,8-17H2. The first kappa shape index (κ1) is 26.0. The molecule has 0 bridgehead atoms. The lowest BCUT2D eigenvalue weighted by Crippen LogP contribution is -2.54. The maximum Gasteiger partial charge on any atom is 0.320 e. The Morgan fingerprint density at radius 3 is 2.51 bits per heavy atom. The van der Waals surface area contributed by atoms with Crippen molar-refractivity contribution < 1.29 is 18.7 Å². The lowest BCUT2D eigenvalue weighted by Gasteiger charge is -2.38. The van der Waals surface area contributed by atoms with Crippen LogP contribution >= 0.6 is 22.7 Å². The molecule has 0 N–H and O–H groups in total. The Bertz CT molecular complexity index is 1370. The molecule has 6 rings (SSSR count). The van der Waals surface area contributed by atoms with Crippen molar-refractivity contribution in [3.05, 3.63) is 58.1 Å². The summed E-state index contributed by atoms with van der Waals surface area (Å²) in [5.41, 5.74) is 1.55. The summed E-state index contributed by atoms with van der Waals surface area (Å²) in [5.74, 6) is 0.670. The number of nitrogens with zero attached hydrogens (tertiary/aromatic N) is 5. The largest absolute Gasteiger partial charge is 0.454 e. The van der Waals surface area contributed by atoms with E-state index in [4.69, 9.17) is 14.1 Å². The van der Waals surface area contributed by atoms with Gasteiger partial charge in [0, 0.05) is 56.6 Å². The van der Waals surface area contributed by atoms with Crippen molar-refractivity contribution in [2.45, 2.75) is 6.42 Å². The number of benzene rings is 1. The van der Waals surface area contributed by atoms with Crippen LogP contribution in [0.3, 0.4) is 0 Å². The van der Waals surface area contributed by atoms with Crippen LogP contribution < -0.4 is 4.90 Å². The van der Waals surface area contributed by atoms with Crippen LogP contribution in [0.5, 0.6) is 0 Å². The smallest absolute Gasteiger partial charge is 0.320 e. The molecule has 0 aliphatic carbocycles. The first-order valence-electron chi connectivity index (χ1n) is 13.3. The molecule has 0 unspecified atom stereocenters. The summed E-state index contributed by atoms with van der Waals surface area (Å²) >= 11 is 2.90. The summed E-state index contributed by atoms with van der Waals surface area (Å²) in [7, 11) is 0. The van der Waals surface area contributed by atoms with E-state index >= 15 is 0 Å². The molecule has 0 radical (unpaired) electrons. The quantitative estimate of drug-likeness (QED) is 0.323. The summed E-state index contributed by atoms with van der Waals surface area (Å²) in [4.78, 5) is 39.7. The number of hydrogen-bond donors (Lipinski definition) is 0. The number of morpholine rings is 1. The normalized spacial score (nSPS) is 16.6. The highest BCUT2D eigenvalue weighted by Crippen LogP contribution is 2.32. The van der Waals surface area contributed by atoms with Crippen LogP contribution in [0.2, 0.25) is 0 Å². The molecule has 11 heteroatoms. The van der Waals surface area contributed by atoms with Gasteiger partial charge in [0.15, 0.2) is 10.9 Å². The minimum Gasteiger partial charge on any atom is -0.454 e. The number of fused-ring (bicyclic) bond motifs is 1. The van der Waals surface area contributed by atoms with Gasteiger partial charge in [0.25, 0.3) is 5.91 Å². The number of aromatic nitrogens is 1. The predicted molar refractivity (Wildman–Crippen MR) is 154 cm³/mol. The van der Waals surface area contributed by atoms with E-state index in [-0.39, 0.29) is 11.9 Å². The molecule has 3 amide bonds. The van der Waals surface area contributed by atoms with Gasteiger partial charge in [-0.2, -0.15) is 0 Å². The highest BCUT2D eigenvalue weighted by atomic mass is 32.1. The Labute approximate surface area is 235 Å². The summed E-state index contributed by atoms with van der Waals surface area (Å²) < 4.78 is 11.4. The van der Waals surface area contributed by atoms with E-state index in [1.807, 2.05) is 63.0 Å². The molecule has 3 aromatic heterocycles. The topological polar surface area (TPSA) is 82.4 Å². The molecule has 2 aliphatic heterocycles. The highest BCUT2D eigenvalue weighted by Gasteiger charge is 2.27. The first-order valence-corrected chi connectivity index (χ1v) is 15.1. The highest BCUT2D eigenvalue weighted by molar-refractivity contribution is 7.14. The zero-order valence-electron chi connectivity index (χ0n) is 21.7. The van der Waals surface area contributed by atoms with E-state index in [0.29, 0.717) is 48.6 Å². The number of hydrogen-bond acceptors (Lipinski definition) is 8. The molecule has 2 saturated heterocycles. The minimum absolute atomic E-state index is 0.0311. The number of thiazole rings is 1. The Kier molecular flexibility index (Phi) is 7.91. The average Bonchev–Trinajstić information content (AvgIpc) is 3.76. The number of para-hydroxylation sites is 1. The van der Waals surface area contributed by atoms with Crippen molar-refractivity contribution in [3.63, 3.8) is 0 Å². The fourth-order valence-corrected chi connectivity index (χ4v) is 6.51. The van der Waals surface area contributed by atoms with Crippen molar-refractivity contribution in [1.29, 1.82) is 0 Å². The number of piperazine rings is 1. The number of amides is 3. The van der Waals surface area contributed by atoms with E-state index in [0.717, 1.165) is 55.8 Å². The van der Waals surface area contributed by atoms with E-state index in [9.17, 15) is 9.59 Å². The van der Waals surface area contributed by atoms with Crippen LogP contribution in [0.1, 0.15) is 16.1 Å². The molecule has 0 saturated carbocycles. The molecule has 4 aromatic rings. The van der Waals surface area contributed by atoms with Crippen molar-refractivity contribution in [1.82, 2.24) is 19.7 Å². The van der Waals surface area contributed by atoms with Gasteiger partial charge in [0.05, 0.1) is 18.1 Å². The number of ether oxygens (including phenoxy) is 1. The molecule has 9 nitrogen and oxygen atoms in total. The van der Waals surface area contributed by atoms with Crippen LogP contribution in [-0.2, 0) is 4.74 Å². The van der Waals surface area contributed by atoms with Crippen LogP contribution in [-0.4, -0.2) is 97.2 Å². The van der Waals surface area contributed by atoms with E-state index in [1.165, 1.54) is 22.7 Å². The van der Waals surface area contributed by atoms with Gasteiger partial charge < -0.3 is 19.0 Å². The van der Waals surface area contributed by atoms with Crippen molar-refractivity contribution >= 4 is 50.7 Å². The van der Waals surface area contributed by atoms with Crippen LogP contribution in [0.4, 0.5) is 9.93 Å². The maximum atomic E-state index is 13.5. The third kappa shape index (κ3) is 5.86. The van der Waals surface area contributed by atoms with Gasteiger partial charge in [-0.3, -0.25) is 14.6 Å². The summed E-state index contributed by atoms with van der Waals surface area (Å²) in [6.45, 7) is 7.11. The number of anilines is 1. The van der Waals surface area contributed by atoms with Gasteiger partial charge in [-0.25, -0.2) is 9.78 Å². The van der Waals surface area contributed by atoms with Crippen molar-refractivity contribution in [2.75, 3.05) is 70.5 Å².